The van der Waals surface area contributed by atoms with Crippen LogP contribution >= 0.6 is 69.3 Å². The fourth-order valence-electron chi connectivity index (χ4n) is 12.3. The number of aliphatic hydroxyl groups excluding tert-OH is 4. The van der Waals surface area contributed by atoms with Gasteiger partial charge in [-0.3, -0.25) is 58.5 Å². The molecule has 1 aliphatic carbocycles. The number of esters is 2. The Bertz CT molecular complexity index is 4880. The molecule has 0 saturated carbocycles. The Labute approximate surface area is 677 Å². The van der Waals surface area contributed by atoms with Gasteiger partial charge in [-0.25, -0.2) is 34.5 Å². The summed E-state index contributed by atoms with van der Waals surface area (Å²) in [5.41, 5.74) is -6.16. The molecule has 0 saturated heterocycles. The monoisotopic (exact) mass is 1680 g/mol. The zero-order valence-electron chi connectivity index (χ0n) is 63.1. The number of allylic oxidation sites excluding steroid dienone is 1. The smallest absolute Gasteiger partial charge is 0.357 e. The topological polar surface area (TPSA) is 529 Å². The highest BCUT2D eigenvalue weighted by molar-refractivity contribution is 8.14. The zero-order valence-corrected chi connectivity index (χ0v) is 68.0. The van der Waals surface area contributed by atoms with E-state index in [1.54, 1.807) is 32.9 Å². The second kappa shape index (κ2) is 35.7. The summed E-state index contributed by atoms with van der Waals surface area (Å²) in [4.78, 5) is 189. The van der Waals surface area contributed by atoms with Crippen molar-refractivity contribution < 1.29 is 87.7 Å². The standard InChI is InChI=1S/C72H84N18O18S6/c1-15-38-64-83-44(23-110-64)60(101)89-53(71(13,106)35(12)93)67-85-46(25-113-67)63(109)88-49-34(11)108-69(105)41-20-37(32(9)91)36-16-17-39(51(94)50(36)79-41)78-47(26(2)3)61(102)76-29(6)55(96)73-27(4)54(95)74-30(7)57(98)90-72(70-86-45(24-114-70)59(100)87-48(33(10)92)62(103)81-38)19-18-40(80-52(72)42-21-112-66(49)82-42)65-84-43(22-111-65)58(99)75-28(5)56(97)77-31(8)68(104)107-14/h15-17,20-22,24-26,29-30,32-35,39,44,47-49,51-53,78,91-94,106H,4-5,8,18-19,23H2,1-3,6-7,9-14H3,(H,73,96)(H,74,95)(H,75,99)(H,76,102)(H,77,97)(H,81,103)(H,87,100)(H,88,109)(H,89,101)(H,90,98)/t29-,30-,32+,33-,34-,35-,39+,44+,47+,48+,49-,51-,52+,53+,71-,72+/m0/s1. The number of carbonyl (C=O) groups excluding carboxylic acids is 11. The van der Waals surface area contributed by atoms with E-state index in [9.17, 15) is 68.7 Å². The van der Waals surface area contributed by atoms with Crippen molar-refractivity contribution in [2.45, 2.75) is 178 Å². The number of nitrogens with zero attached hydrogens (tertiary/aromatic N) is 7. The molecule has 0 unspecified atom stereocenters. The summed E-state index contributed by atoms with van der Waals surface area (Å²) in [5.74, 6) is -10.9. The summed E-state index contributed by atoms with van der Waals surface area (Å²) in [6.45, 7) is 25.2. The van der Waals surface area contributed by atoms with E-state index in [-0.39, 0.29) is 99.7 Å². The van der Waals surface area contributed by atoms with Crippen LogP contribution in [0.1, 0.15) is 192 Å². The van der Waals surface area contributed by atoms with E-state index in [0.717, 1.165) is 64.2 Å². The van der Waals surface area contributed by atoms with Crippen molar-refractivity contribution >= 4 is 156 Å². The lowest BCUT2D eigenvalue weighted by Crippen LogP contribution is -2.57. The van der Waals surface area contributed by atoms with Crippen molar-refractivity contribution in [3.8, 4) is 0 Å². The lowest BCUT2D eigenvalue weighted by atomic mass is 9.80. The van der Waals surface area contributed by atoms with Crippen LogP contribution in [0.25, 0.3) is 6.08 Å². The van der Waals surface area contributed by atoms with Gasteiger partial charge in [0, 0.05) is 32.8 Å². The Kier molecular flexibility index (Phi) is 27.0. The number of hydrogen-bond donors (Lipinski definition) is 16. The van der Waals surface area contributed by atoms with Crippen molar-refractivity contribution in [3.05, 3.63) is 148 Å². The number of thiocarbonyl (C=S) groups is 1. The molecule has 0 spiro atoms. The number of rotatable bonds is 11. The Hall–Kier alpha value is -10.1. The first-order chi connectivity index (χ1) is 53.7. The number of aliphatic imine (C=N–C) groups is 2. The number of cyclic esters (lactones) is 1. The van der Waals surface area contributed by atoms with Crippen LogP contribution in [-0.4, -0.2) is 204 Å². The van der Waals surface area contributed by atoms with Crippen LogP contribution in [0.15, 0.2) is 92.2 Å². The van der Waals surface area contributed by atoms with Gasteiger partial charge in [-0.15, -0.1) is 57.1 Å². The summed E-state index contributed by atoms with van der Waals surface area (Å²) < 4.78 is 10.9. The molecule has 606 valence electrons. The number of ether oxygens (including phenoxy) is 2. The number of aromatic nitrogens is 5. The number of pyridine rings is 1. The molecule has 114 heavy (non-hydrogen) atoms. The van der Waals surface area contributed by atoms with E-state index in [1.807, 2.05) is 0 Å². The van der Waals surface area contributed by atoms with Gasteiger partial charge in [-0.1, -0.05) is 64.0 Å². The number of fused-ring (bicyclic) bond motifs is 7. The van der Waals surface area contributed by atoms with Gasteiger partial charge in [-0.2, -0.15) is 0 Å². The average molecular weight is 1680 g/mol. The van der Waals surface area contributed by atoms with Crippen LogP contribution in [0.2, 0.25) is 0 Å². The third-order valence-corrected chi connectivity index (χ3v) is 24.2. The molecule has 16 N–H and O–H groups in total. The molecule has 5 aromatic rings. The molecule has 0 fully saturated rings. The van der Waals surface area contributed by atoms with Gasteiger partial charge in [0.25, 0.3) is 23.6 Å². The van der Waals surface area contributed by atoms with Gasteiger partial charge < -0.3 is 88.2 Å². The minimum atomic E-state index is -2.14. The van der Waals surface area contributed by atoms with Crippen molar-refractivity contribution in [2.24, 2.45) is 15.9 Å². The fourth-order valence-corrected chi connectivity index (χ4v) is 17.5. The number of thiazole rings is 4. The van der Waals surface area contributed by atoms with Crippen LogP contribution < -0.4 is 58.5 Å². The number of methoxy groups -OCH3 is 1. The third kappa shape index (κ3) is 18.8. The van der Waals surface area contributed by atoms with Gasteiger partial charge in [0.2, 0.25) is 29.5 Å². The number of aliphatic hydroxyl groups is 5. The van der Waals surface area contributed by atoms with E-state index in [2.05, 4.69) is 97.9 Å². The Morgan fingerprint density at radius 3 is 2.15 bits per heavy atom. The second-order valence-electron chi connectivity index (χ2n) is 27.8. The summed E-state index contributed by atoms with van der Waals surface area (Å²) in [6.07, 6.45) is -3.23. The SMILES string of the molecule is C=C(NC(=O)c1csc(C2=N[C@@H]3c4csc(n4)[C@H]4NC(=S)c5csc(n5)[C@H]([C@@](C)(O)[C@H](C)O)NC(=O)[C@H]5CSC(=N5)C(=CC)NC(=O)[C@@H]([C@H](C)O)NC(=O)c5csc(n5)[C@]3(CC2)NC(=O)[C@H](C)NC(=O)C(=C)NC(=O)[C@H](C)NC(=O)[C@@H](C(C)C)N[C@@H]2C=Cc3c([C@@H](C)O)cc(nc3[C@H]2O)C(=O)O[C@H]4C)n1)C(=O)NC(=C)C(=O)OC. The third-order valence-electron chi connectivity index (χ3n) is 19.1. The van der Waals surface area contributed by atoms with Crippen molar-refractivity contribution in [3.63, 3.8) is 0 Å². The molecule has 9 amide bonds. The zero-order chi connectivity index (χ0) is 83.4. The van der Waals surface area contributed by atoms with E-state index >= 15 is 9.59 Å². The van der Waals surface area contributed by atoms with Crippen LogP contribution in [0.4, 0.5) is 0 Å². The molecule has 5 aliphatic rings. The number of carbonyl (C=O) groups is 11. The van der Waals surface area contributed by atoms with Gasteiger partial charge in [-0.05, 0) is 85.8 Å². The molecule has 16 atom stereocenters. The Balaban J connectivity index is 1.17. The highest BCUT2D eigenvalue weighted by atomic mass is 32.2. The minimum absolute atomic E-state index is 0.00296. The summed E-state index contributed by atoms with van der Waals surface area (Å²) >= 11 is 10.9. The van der Waals surface area contributed by atoms with Crippen LogP contribution in [0.3, 0.4) is 0 Å². The maximum Gasteiger partial charge on any atom is 0.357 e. The second-order valence-corrected chi connectivity index (χ2v) is 32.7. The van der Waals surface area contributed by atoms with E-state index < -0.39 is 190 Å². The maximum atomic E-state index is 15.4. The molecule has 10 rings (SSSR count). The van der Waals surface area contributed by atoms with Crippen molar-refractivity contribution in [1.82, 2.24) is 83.4 Å². The molecule has 4 aliphatic heterocycles. The van der Waals surface area contributed by atoms with Crippen LogP contribution in [0, 0.1) is 5.92 Å². The van der Waals surface area contributed by atoms with Crippen molar-refractivity contribution in [2.75, 3.05) is 12.9 Å². The van der Waals surface area contributed by atoms with E-state index in [1.165, 1.54) is 82.1 Å². The minimum Gasteiger partial charge on any atom is -0.464 e. The number of thioether (sulfide) groups is 1. The number of nitrogens with one attached hydrogen (secondary N) is 11. The summed E-state index contributed by atoms with van der Waals surface area (Å²) in [5, 5.41) is 93.5. The Morgan fingerprint density at radius 1 is 0.772 bits per heavy atom. The normalized spacial score (nSPS) is 26.6. The molecule has 42 heteroatoms. The molecular weight excluding hydrogens is 1600 g/mol. The quantitative estimate of drug-likeness (QED) is 0.0507. The molecule has 0 radical (unpaired) electrons. The first-order valence-electron chi connectivity index (χ1n) is 35.4. The first-order valence-corrected chi connectivity index (χ1v) is 40.3. The van der Waals surface area contributed by atoms with E-state index in [0.29, 0.717) is 0 Å². The van der Waals surface area contributed by atoms with Crippen LogP contribution in [-0.2, 0) is 53.4 Å². The highest BCUT2D eigenvalue weighted by Gasteiger charge is 2.51. The van der Waals surface area contributed by atoms with Gasteiger partial charge >= 0.3 is 11.9 Å². The largest absolute Gasteiger partial charge is 0.464 e. The van der Waals surface area contributed by atoms with Gasteiger partial charge in [0.1, 0.15) is 124 Å². The average Bonchev–Trinajstić information content (AvgIpc) is 1.46. The first kappa shape index (κ1) is 86.3. The van der Waals surface area contributed by atoms with Gasteiger partial charge in [0.15, 0.2) is 0 Å². The van der Waals surface area contributed by atoms with Crippen molar-refractivity contribution in [1.29, 1.82) is 0 Å². The van der Waals surface area contributed by atoms with E-state index in [4.69, 9.17) is 36.9 Å². The molecule has 9 heterocycles. The predicted octanol–water partition coefficient (Wildman–Crippen LogP) is 1.61. The molecule has 0 aromatic carbocycles. The molecule has 5 aromatic heterocycles. The number of amides is 9. The lowest BCUT2D eigenvalue weighted by molar-refractivity contribution is -0.137. The molecule has 36 nitrogen and oxygen atoms in total. The number of hydrogen-bond acceptors (Lipinski definition) is 32. The van der Waals surface area contributed by atoms with Gasteiger partial charge in [0.05, 0.1) is 71.7 Å². The van der Waals surface area contributed by atoms with Crippen LogP contribution in [0.5, 0.6) is 0 Å². The highest BCUT2D eigenvalue weighted by Crippen LogP contribution is 2.48. The lowest BCUT2D eigenvalue weighted by Gasteiger charge is -2.41. The fraction of sp³-hybridized carbons (Fsp3) is 0.431. The Morgan fingerprint density at radius 2 is 1.47 bits per heavy atom. The molecular formula is C72H84N18O18S6. The maximum absolute atomic E-state index is 15.4. The predicted molar refractivity (Wildman–Crippen MR) is 424 cm³/mol. The summed E-state index contributed by atoms with van der Waals surface area (Å²) in [6, 6.07) is -11.1. The molecule has 13 bridgehead atoms. The summed E-state index contributed by atoms with van der Waals surface area (Å²) in [7, 11) is 1.06.